The predicted molar refractivity (Wildman–Crippen MR) is 82.5 cm³/mol. The van der Waals surface area contributed by atoms with E-state index in [2.05, 4.69) is 17.6 Å². The summed E-state index contributed by atoms with van der Waals surface area (Å²) in [6.45, 7) is 6.50. The van der Waals surface area contributed by atoms with Crippen LogP contribution in [0.1, 0.15) is 44.0 Å². The molecule has 1 aromatic carbocycles. The number of ether oxygens (including phenoxy) is 1. The molecule has 5 heteroatoms. The van der Waals surface area contributed by atoms with Crippen LogP contribution in [0.2, 0.25) is 0 Å². The van der Waals surface area contributed by atoms with Crippen LogP contribution in [0.5, 0.6) is 5.75 Å². The Morgan fingerprint density at radius 1 is 1.19 bits per heavy atom. The molecule has 0 saturated heterocycles. The van der Waals surface area contributed by atoms with E-state index in [0.29, 0.717) is 12.2 Å². The SMILES string of the molecule is CCCCOc1ccc(C(=O)NCC(=O)NC(C)C)cc1. The number of unbranched alkanes of at least 4 members (excludes halogenated alkanes) is 1. The third-order valence-corrected chi connectivity index (χ3v) is 2.74. The maximum atomic E-state index is 11.9. The summed E-state index contributed by atoms with van der Waals surface area (Å²) in [5.74, 6) is 0.282. The van der Waals surface area contributed by atoms with E-state index in [9.17, 15) is 9.59 Å². The number of carbonyl (C=O) groups is 2. The summed E-state index contributed by atoms with van der Waals surface area (Å²) in [6.07, 6.45) is 2.09. The van der Waals surface area contributed by atoms with Crippen LogP contribution in [0.15, 0.2) is 24.3 Å². The van der Waals surface area contributed by atoms with Gasteiger partial charge in [0.15, 0.2) is 0 Å². The first-order valence-electron chi connectivity index (χ1n) is 7.33. The van der Waals surface area contributed by atoms with Crippen LogP contribution >= 0.6 is 0 Å². The van der Waals surface area contributed by atoms with Crippen molar-refractivity contribution < 1.29 is 14.3 Å². The molecule has 0 aliphatic rings. The molecule has 0 aliphatic heterocycles. The Balaban J connectivity index is 2.42. The van der Waals surface area contributed by atoms with E-state index in [-0.39, 0.29) is 24.4 Å². The van der Waals surface area contributed by atoms with Crippen LogP contribution in [-0.4, -0.2) is 31.0 Å². The Hall–Kier alpha value is -2.04. The second-order valence-corrected chi connectivity index (χ2v) is 5.13. The summed E-state index contributed by atoms with van der Waals surface area (Å²) in [7, 11) is 0. The molecule has 1 aromatic rings. The monoisotopic (exact) mass is 292 g/mol. The quantitative estimate of drug-likeness (QED) is 0.721. The van der Waals surface area contributed by atoms with Gasteiger partial charge in [-0.2, -0.15) is 0 Å². The number of hydrogen-bond acceptors (Lipinski definition) is 3. The molecule has 116 valence electrons. The topological polar surface area (TPSA) is 67.4 Å². The molecule has 0 aliphatic carbocycles. The molecule has 21 heavy (non-hydrogen) atoms. The highest BCUT2D eigenvalue weighted by molar-refractivity contribution is 5.96. The maximum Gasteiger partial charge on any atom is 0.251 e. The van der Waals surface area contributed by atoms with Gasteiger partial charge in [-0.05, 0) is 44.5 Å². The molecule has 5 nitrogen and oxygen atoms in total. The van der Waals surface area contributed by atoms with Gasteiger partial charge in [-0.25, -0.2) is 0 Å². The van der Waals surface area contributed by atoms with Crippen molar-refractivity contribution in [2.45, 2.75) is 39.7 Å². The zero-order chi connectivity index (χ0) is 15.7. The summed E-state index contributed by atoms with van der Waals surface area (Å²) in [4.78, 5) is 23.3. The summed E-state index contributed by atoms with van der Waals surface area (Å²) >= 11 is 0. The van der Waals surface area contributed by atoms with Crippen LogP contribution in [0, 0.1) is 0 Å². The second-order valence-electron chi connectivity index (χ2n) is 5.13. The van der Waals surface area contributed by atoms with Crippen LogP contribution in [0.3, 0.4) is 0 Å². The fourth-order valence-corrected chi connectivity index (χ4v) is 1.67. The van der Waals surface area contributed by atoms with Crippen molar-refractivity contribution in [1.29, 1.82) is 0 Å². The first-order chi connectivity index (χ1) is 10.0. The number of carbonyl (C=O) groups excluding carboxylic acids is 2. The number of benzene rings is 1. The minimum absolute atomic E-state index is 0.0221. The van der Waals surface area contributed by atoms with E-state index < -0.39 is 0 Å². The summed E-state index contributed by atoms with van der Waals surface area (Å²) in [6, 6.07) is 6.97. The predicted octanol–water partition coefficient (Wildman–Crippen LogP) is 2.12. The van der Waals surface area contributed by atoms with Crippen molar-refractivity contribution in [3.63, 3.8) is 0 Å². The number of hydrogen-bond donors (Lipinski definition) is 2. The Labute approximate surface area is 126 Å². The third kappa shape index (κ3) is 6.79. The van der Waals surface area contributed by atoms with Gasteiger partial charge in [0.25, 0.3) is 5.91 Å². The van der Waals surface area contributed by atoms with Crippen LogP contribution in [0.25, 0.3) is 0 Å². The van der Waals surface area contributed by atoms with Gasteiger partial charge in [-0.15, -0.1) is 0 Å². The molecular weight excluding hydrogens is 268 g/mol. The molecule has 0 atom stereocenters. The van der Waals surface area contributed by atoms with E-state index in [0.717, 1.165) is 18.6 Å². The molecule has 2 N–H and O–H groups in total. The van der Waals surface area contributed by atoms with Gasteiger partial charge >= 0.3 is 0 Å². The Kier molecular flexibility index (Phi) is 7.29. The maximum absolute atomic E-state index is 11.9. The van der Waals surface area contributed by atoms with E-state index in [4.69, 9.17) is 4.74 Å². The zero-order valence-corrected chi connectivity index (χ0v) is 12.9. The van der Waals surface area contributed by atoms with Crippen molar-refractivity contribution in [2.75, 3.05) is 13.2 Å². The smallest absolute Gasteiger partial charge is 0.251 e. The lowest BCUT2D eigenvalue weighted by molar-refractivity contribution is -0.120. The van der Waals surface area contributed by atoms with Crippen molar-refractivity contribution in [1.82, 2.24) is 10.6 Å². The van der Waals surface area contributed by atoms with E-state index >= 15 is 0 Å². The molecule has 0 saturated carbocycles. The second kappa shape index (κ2) is 9.00. The minimum Gasteiger partial charge on any atom is -0.494 e. The van der Waals surface area contributed by atoms with Crippen molar-refractivity contribution in [3.05, 3.63) is 29.8 Å². The molecular formula is C16H24N2O3. The lowest BCUT2D eigenvalue weighted by atomic mass is 10.2. The first kappa shape index (κ1) is 17.0. The summed E-state index contributed by atoms with van der Waals surface area (Å²) in [5, 5.41) is 5.30. The normalized spacial score (nSPS) is 10.3. The average Bonchev–Trinajstić information content (AvgIpc) is 2.45. The van der Waals surface area contributed by atoms with Crippen LogP contribution in [0.4, 0.5) is 0 Å². The third-order valence-electron chi connectivity index (χ3n) is 2.74. The molecule has 1 rings (SSSR count). The average molecular weight is 292 g/mol. The zero-order valence-electron chi connectivity index (χ0n) is 12.9. The van der Waals surface area contributed by atoms with Gasteiger partial charge in [0.05, 0.1) is 13.2 Å². The molecule has 0 spiro atoms. The van der Waals surface area contributed by atoms with E-state index in [1.165, 1.54) is 0 Å². The Morgan fingerprint density at radius 3 is 2.43 bits per heavy atom. The Bertz CT molecular complexity index is 455. The summed E-state index contributed by atoms with van der Waals surface area (Å²) in [5.41, 5.74) is 0.509. The van der Waals surface area contributed by atoms with Crippen LogP contribution < -0.4 is 15.4 Å². The van der Waals surface area contributed by atoms with Crippen molar-refractivity contribution in [3.8, 4) is 5.75 Å². The molecule has 0 fully saturated rings. The van der Waals surface area contributed by atoms with Crippen molar-refractivity contribution in [2.24, 2.45) is 0 Å². The Morgan fingerprint density at radius 2 is 1.86 bits per heavy atom. The lowest BCUT2D eigenvalue weighted by Gasteiger charge is -2.10. The standard InChI is InChI=1S/C16H24N2O3/c1-4-5-10-21-14-8-6-13(7-9-14)16(20)17-11-15(19)18-12(2)3/h6-9,12H,4-5,10-11H2,1-3H3,(H,17,20)(H,18,19). The van der Waals surface area contributed by atoms with Gasteiger partial charge in [0, 0.05) is 11.6 Å². The molecule has 0 bridgehead atoms. The lowest BCUT2D eigenvalue weighted by Crippen LogP contribution is -2.39. The fraction of sp³-hybridized carbons (Fsp3) is 0.500. The molecule has 0 unspecified atom stereocenters. The highest BCUT2D eigenvalue weighted by Gasteiger charge is 2.08. The van der Waals surface area contributed by atoms with Gasteiger partial charge < -0.3 is 15.4 Å². The van der Waals surface area contributed by atoms with Crippen LogP contribution in [-0.2, 0) is 4.79 Å². The van der Waals surface area contributed by atoms with Gasteiger partial charge in [0.2, 0.25) is 5.91 Å². The fourth-order valence-electron chi connectivity index (χ4n) is 1.67. The van der Waals surface area contributed by atoms with E-state index in [1.807, 2.05) is 13.8 Å². The highest BCUT2D eigenvalue weighted by atomic mass is 16.5. The van der Waals surface area contributed by atoms with E-state index in [1.54, 1.807) is 24.3 Å². The first-order valence-corrected chi connectivity index (χ1v) is 7.33. The molecule has 2 amide bonds. The molecule has 0 heterocycles. The number of amides is 2. The van der Waals surface area contributed by atoms with Gasteiger partial charge in [-0.1, -0.05) is 13.3 Å². The minimum atomic E-state index is -0.269. The molecule has 0 radical (unpaired) electrons. The highest BCUT2D eigenvalue weighted by Crippen LogP contribution is 2.12. The number of rotatable bonds is 8. The van der Waals surface area contributed by atoms with Gasteiger partial charge in [0.1, 0.15) is 5.75 Å². The molecule has 0 aromatic heterocycles. The van der Waals surface area contributed by atoms with Gasteiger partial charge in [-0.3, -0.25) is 9.59 Å². The van der Waals surface area contributed by atoms with Crippen molar-refractivity contribution >= 4 is 11.8 Å². The number of nitrogens with one attached hydrogen (secondary N) is 2. The summed E-state index contributed by atoms with van der Waals surface area (Å²) < 4.78 is 5.53. The largest absolute Gasteiger partial charge is 0.494 e.